The van der Waals surface area contributed by atoms with E-state index in [1.807, 2.05) is 19.1 Å². The summed E-state index contributed by atoms with van der Waals surface area (Å²) < 4.78 is 0. The van der Waals surface area contributed by atoms with Crippen LogP contribution >= 0.6 is 0 Å². The highest BCUT2D eigenvalue weighted by Crippen LogP contribution is 2.04. The maximum atomic E-state index is 11.8. The van der Waals surface area contributed by atoms with Gasteiger partial charge in [0.2, 0.25) is 0 Å². The average molecular weight is 257 g/mol. The van der Waals surface area contributed by atoms with Crippen molar-refractivity contribution in [3.8, 4) is 0 Å². The fraction of sp³-hybridized carbons (Fsp3) is 0.143. The van der Waals surface area contributed by atoms with Crippen LogP contribution in [0.25, 0.3) is 0 Å². The normalized spacial score (nSPS) is 9.95. The Kier molecular flexibility index (Phi) is 3.97. The molecule has 0 unspecified atom stereocenters. The van der Waals surface area contributed by atoms with Crippen molar-refractivity contribution in [2.45, 2.75) is 13.3 Å². The fourth-order valence-electron chi connectivity index (χ4n) is 1.62. The maximum absolute atomic E-state index is 11.8. The Morgan fingerprint density at radius 2 is 1.74 bits per heavy atom. The maximum Gasteiger partial charge on any atom is 0.286 e. The van der Waals surface area contributed by atoms with Crippen molar-refractivity contribution in [2.75, 3.05) is 0 Å². The van der Waals surface area contributed by atoms with E-state index < -0.39 is 0 Å². The Morgan fingerprint density at radius 3 is 2.32 bits per heavy atom. The second-order valence-corrected chi connectivity index (χ2v) is 4.04. The summed E-state index contributed by atoms with van der Waals surface area (Å²) in [6.07, 6.45) is 2.56. The molecule has 0 fully saturated rings. The Bertz CT molecular complexity index is 559. The van der Waals surface area contributed by atoms with E-state index in [-0.39, 0.29) is 11.8 Å². The van der Waals surface area contributed by atoms with E-state index in [1.54, 1.807) is 30.5 Å². The van der Waals surface area contributed by atoms with Crippen molar-refractivity contribution in [3.05, 3.63) is 59.4 Å². The Balaban J connectivity index is 1.92. The number of aromatic nitrogens is 1. The largest absolute Gasteiger partial charge is 0.357 e. The number of carbonyl (C=O) groups excluding carboxylic acids is 2. The molecule has 0 saturated carbocycles. The van der Waals surface area contributed by atoms with Crippen molar-refractivity contribution in [1.82, 2.24) is 15.8 Å². The molecular weight excluding hydrogens is 242 g/mol. The topological polar surface area (TPSA) is 74.0 Å². The van der Waals surface area contributed by atoms with Crippen LogP contribution in [0.1, 0.15) is 33.3 Å². The first-order chi connectivity index (χ1) is 9.20. The molecule has 1 aromatic heterocycles. The van der Waals surface area contributed by atoms with Gasteiger partial charge in [-0.15, -0.1) is 0 Å². The van der Waals surface area contributed by atoms with Gasteiger partial charge < -0.3 is 4.98 Å². The van der Waals surface area contributed by atoms with E-state index in [0.717, 1.165) is 12.0 Å². The molecule has 5 heteroatoms. The van der Waals surface area contributed by atoms with E-state index in [4.69, 9.17) is 0 Å². The molecule has 2 amide bonds. The van der Waals surface area contributed by atoms with Crippen molar-refractivity contribution in [1.29, 1.82) is 0 Å². The number of benzene rings is 1. The highest BCUT2D eigenvalue weighted by Gasteiger charge is 2.09. The molecule has 0 aliphatic rings. The summed E-state index contributed by atoms with van der Waals surface area (Å²) >= 11 is 0. The molecule has 0 aliphatic heterocycles. The quantitative estimate of drug-likeness (QED) is 0.731. The number of H-pyrrole nitrogens is 1. The van der Waals surface area contributed by atoms with Gasteiger partial charge in [-0.25, -0.2) is 0 Å². The Hall–Kier alpha value is -2.56. The lowest BCUT2D eigenvalue weighted by molar-refractivity contribution is 0.0844. The molecule has 0 radical (unpaired) electrons. The third kappa shape index (κ3) is 3.22. The first-order valence-corrected chi connectivity index (χ1v) is 6.03. The molecule has 2 aromatic rings. The molecule has 0 saturated heterocycles. The molecule has 1 heterocycles. The lowest BCUT2D eigenvalue weighted by Gasteiger charge is -2.06. The van der Waals surface area contributed by atoms with Gasteiger partial charge in [-0.05, 0) is 36.2 Å². The molecular formula is C14H15N3O2. The van der Waals surface area contributed by atoms with Gasteiger partial charge in [-0.1, -0.05) is 19.1 Å². The Morgan fingerprint density at radius 1 is 1.05 bits per heavy atom. The van der Waals surface area contributed by atoms with Crippen LogP contribution in [-0.4, -0.2) is 16.8 Å². The van der Waals surface area contributed by atoms with Crippen LogP contribution < -0.4 is 10.9 Å². The highest BCUT2D eigenvalue weighted by molar-refractivity contribution is 5.98. The summed E-state index contributed by atoms with van der Waals surface area (Å²) in [6.45, 7) is 2.05. The average Bonchev–Trinajstić information content (AvgIpc) is 2.98. The van der Waals surface area contributed by atoms with Gasteiger partial charge in [-0.2, -0.15) is 0 Å². The molecule has 0 atom stereocenters. The molecule has 0 spiro atoms. The summed E-state index contributed by atoms with van der Waals surface area (Å²) in [6, 6.07) is 10.6. The number of nitrogens with one attached hydrogen (secondary N) is 3. The summed E-state index contributed by atoms with van der Waals surface area (Å²) in [5, 5.41) is 0. The number of carbonyl (C=O) groups is 2. The third-order valence-electron chi connectivity index (χ3n) is 2.76. The van der Waals surface area contributed by atoms with Crippen LogP contribution in [-0.2, 0) is 6.42 Å². The van der Waals surface area contributed by atoms with Crippen molar-refractivity contribution in [3.63, 3.8) is 0 Å². The van der Waals surface area contributed by atoms with Gasteiger partial charge in [0, 0.05) is 11.8 Å². The highest BCUT2D eigenvalue weighted by atomic mass is 16.2. The van der Waals surface area contributed by atoms with Crippen molar-refractivity contribution in [2.24, 2.45) is 0 Å². The van der Waals surface area contributed by atoms with Crippen molar-refractivity contribution < 1.29 is 9.59 Å². The van der Waals surface area contributed by atoms with Crippen LogP contribution in [0.3, 0.4) is 0 Å². The van der Waals surface area contributed by atoms with Crippen LogP contribution in [0.5, 0.6) is 0 Å². The standard InChI is InChI=1S/C14H15N3O2/c1-2-10-5-7-11(8-6-10)13(18)16-17-14(19)12-4-3-9-15-12/h3-9,15H,2H2,1H3,(H,16,18)(H,17,19). The van der Waals surface area contributed by atoms with Gasteiger partial charge in [0.15, 0.2) is 0 Å². The lowest BCUT2D eigenvalue weighted by atomic mass is 10.1. The van der Waals surface area contributed by atoms with Crippen LogP contribution in [0, 0.1) is 0 Å². The van der Waals surface area contributed by atoms with E-state index in [1.165, 1.54) is 0 Å². The van der Waals surface area contributed by atoms with Gasteiger partial charge in [0.1, 0.15) is 5.69 Å². The number of aromatic amines is 1. The first kappa shape index (κ1) is 12.9. The molecule has 1 aromatic carbocycles. The smallest absolute Gasteiger partial charge is 0.286 e. The van der Waals surface area contributed by atoms with Crippen LogP contribution in [0.15, 0.2) is 42.6 Å². The number of hydrogen-bond donors (Lipinski definition) is 3. The van der Waals surface area contributed by atoms with Gasteiger partial charge in [0.05, 0.1) is 0 Å². The van der Waals surface area contributed by atoms with Crippen LogP contribution in [0.4, 0.5) is 0 Å². The predicted molar refractivity (Wildman–Crippen MR) is 71.5 cm³/mol. The summed E-state index contributed by atoms with van der Waals surface area (Å²) in [4.78, 5) is 26.1. The summed E-state index contributed by atoms with van der Waals surface area (Å²) in [7, 11) is 0. The SMILES string of the molecule is CCc1ccc(C(=O)NNC(=O)c2ccc[nH]2)cc1. The molecule has 5 nitrogen and oxygen atoms in total. The third-order valence-corrected chi connectivity index (χ3v) is 2.76. The number of amides is 2. The minimum atomic E-state index is -0.386. The van der Waals surface area contributed by atoms with Gasteiger partial charge in [0.25, 0.3) is 11.8 Å². The van der Waals surface area contributed by atoms with Crippen LogP contribution in [0.2, 0.25) is 0 Å². The first-order valence-electron chi connectivity index (χ1n) is 6.03. The minimum Gasteiger partial charge on any atom is -0.357 e. The van der Waals surface area contributed by atoms with E-state index in [2.05, 4.69) is 15.8 Å². The number of rotatable bonds is 3. The zero-order valence-electron chi connectivity index (χ0n) is 10.6. The predicted octanol–water partition coefficient (Wildman–Crippen LogP) is 1.65. The molecule has 98 valence electrons. The monoisotopic (exact) mass is 257 g/mol. The second kappa shape index (κ2) is 5.86. The number of hydrazine groups is 1. The number of hydrogen-bond acceptors (Lipinski definition) is 2. The Labute approximate surface area is 111 Å². The van der Waals surface area contributed by atoms with E-state index in [0.29, 0.717) is 11.3 Å². The zero-order chi connectivity index (χ0) is 13.7. The van der Waals surface area contributed by atoms with Crippen molar-refractivity contribution >= 4 is 11.8 Å². The molecule has 2 rings (SSSR count). The molecule has 0 aliphatic carbocycles. The minimum absolute atomic E-state index is 0.345. The van der Waals surface area contributed by atoms with Gasteiger partial charge >= 0.3 is 0 Å². The molecule has 19 heavy (non-hydrogen) atoms. The van der Waals surface area contributed by atoms with E-state index in [9.17, 15) is 9.59 Å². The lowest BCUT2D eigenvalue weighted by Crippen LogP contribution is -2.41. The second-order valence-electron chi connectivity index (χ2n) is 4.04. The zero-order valence-corrected chi connectivity index (χ0v) is 10.6. The van der Waals surface area contributed by atoms with E-state index >= 15 is 0 Å². The number of aryl methyl sites for hydroxylation is 1. The fourth-order valence-corrected chi connectivity index (χ4v) is 1.62. The molecule has 3 N–H and O–H groups in total. The molecule has 0 bridgehead atoms. The summed E-state index contributed by atoms with van der Waals surface area (Å²) in [5.74, 6) is -0.730. The van der Waals surface area contributed by atoms with Gasteiger partial charge in [-0.3, -0.25) is 20.4 Å². The summed E-state index contributed by atoms with van der Waals surface area (Å²) in [5.41, 5.74) is 6.76.